The van der Waals surface area contributed by atoms with Crippen molar-refractivity contribution in [2.24, 2.45) is 5.92 Å². The highest BCUT2D eigenvalue weighted by Gasteiger charge is 2.16. The second-order valence-corrected chi connectivity index (χ2v) is 7.21. The van der Waals surface area contributed by atoms with Gasteiger partial charge in [-0.15, -0.1) is 0 Å². The van der Waals surface area contributed by atoms with Gasteiger partial charge in [-0.2, -0.15) is 0 Å². The van der Waals surface area contributed by atoms with Gasteiger partial charge in [-0.1, -0.05) is 13.8 Å². The summed E-state index contributed by atoms with van der Waals surface area (Å²) in [5.41, 5.74) is 6.11. The molecular formula is C12H19BrN2O2S. The molecule has 0 aliphatic rings. The molecule has 0 saturated carbocycles. The number of halogens is 1. The fraction of sp³-hybridized carbons (Fsp3) is 0.500. The predicted octanol–water partition coefficient (Wildman–Crippen LogP) is 2.75. The minimum absolute atomic E-state index is 0.223. The van der Waals surface area contributed by atoms with Crippen LogP contribution < -0.4 is 10.5 Å². The SMILES string of the molecule is CC(C)CCCNS(=O)(=O)c1ccc(N)cc1Br. The van der Waals surface area contributed by atoms with Crippen molar-refractivity contribution < 1.29 is 8.42 Å². The Morgan fingerprint density at radius 2 is 2.06 bits per heavy atom. The van der Waals surface area contributed by atoms with Crippen LogP contribution in [0.15, 0.2) is 27.6 Å². The van der Waals surface area contributed by atoms with Gasteiger partial charge in [0.1, 0.15) is 0 Å². The Bertz CT molecular complexity index is 501. The molecule has 0 bridgehead atoms. The molecule has 0 aliphatic carbocycles. The summed E-state index contributed by atoms with van der Waals surface area (Å²) in [4.78, 5) is 0.223. The van der Waals surface area contributed by atoms with Crippen molar-refractivity contribution in [3.63, 3.8) is 0 Å². The molecular weight excluding hydrogens is 316 g/mol. The molecule has 0 atom stereocenters. The normalized spacial score (nSPS) is 12.0. The minimum atomic E-state index is -3.46. The van der Waals surface area contributed by atoms with E-state index in [9.17, 15) is 8.42 Å². The molecule has 0 spiro atoms. The van der Waals surface area contributed by atoms with Crippen LogP contribution in [0.25, 0.3) is 0 Å². The van der Waals surface area contributed by atoms with Gasteiger partial charge in [0.05, 0.1) is 4.90 Å². The largest absolute Gasteiger partial charge is 0.399 e. The number of benzene rings is 1. The maximum atomic E-state index is 12.0. The predicted molar refractivity (Wildman–Crippen MR) is 77.8 cm³/mol. The van der Waals surface area contributed by atoms with Gasteiger partial charge in [0.25, 0.3) is 0 Å². The second-order valence-electron chi connectivity index (χ2n) is 4.62. The van der Waals surface area contributed by atoms with Gasteiger partial charge >= 0.3 is 0 Å². The first-order valence-corrected chi connectivity index (χ1v) is 8.15. The summed E-state index contributed by atoms with van der Waals surface area (Å²) in [6.45, 7) is 4.69. The standard InChI is InChI=1S/C12H19BrN2O2S/c1-9(2)4-3-7-15-18(16,17)12-6-5-10(14)8-11(12)13/h5-6,8-9,15H,3-4,7,14H2,1-2H3. The molecule has 1 aromatic rings. The number of nitrogens with one attached hydrogen (secondary N) is 1. The molecule has 6 heteroatoms. The second kappa shape index (κ2) is 6.54. The average molecular weight is 335 g/mol. The summed E-state index contributed by atoms with van der Waals surface area (Å²) in [7, 11) is -3.46. The van der Waals surface area contributed by atoms with E-state index < -0.39 is 10.0 Å². The number of rotatable bonds is 6. The number of hydrogen-bond donors (Lipinski definition) is 2. The Morgan fingerprint density at radius 1 is 1.39 bits per heavy atom. The molecule has 0 unspecified atom stereocenters. The van der Waals surface area contributed by atoms with E-state index in [0.29, 0.717) is 22.6 Å². The van der Waals surface area contributed by atoms with E-state index in [2.05, 4.69) is 34.5 Å². The molecule has 0 fully saturated rings. The fourth-order valence-corrected chi connectivity index (χ4v) is 3.70. The van der Waals surface area contributed by atoms with Crippen LogP contribution in [-0.4, -0.2) is 15.0 Å². The third-order valence-electron chi connectivity index (χ3n) is 2.50. The van der Waals surface area contributed by atoms with Crippen molar-refractivity contribution in [1.29, 1.82) is 0 Å². The maximum Gasteiger partial charge on any atom is 0.241 e. The Morgan fingerprint density at radius 3 is 2.61 bits per heavy atom. The highest BCUT2D eigenvalue weighted by atomic mass is 79.9. The molecule has 0 aliphatic heterocycles. The number of sulfonamides is 1. The van der Waals surface area contributed by atoms with Crippen LogP contribution in [0.1, 0.15) is 26.7 Å². The average Bonchev–Trinajstić information content (AvgIpc) is 2.23. The lowest BCUT2D eigenvalue weighted by Crippen LogP contribution is -2.25. The van der Waals surface area contributed by atoms with E-state index in [4.69, 9.17) is 5.73 Å². The third kappa shape index (κ3) is 4.59. The van der Waals surface area contributed by atoms with Crippen LogP contribution in [0.5, 0.6) is 0 Å². The van der Waals surface area contributed by atoms with Gasteiger partial charge in [0.15, 0.2) is 0 Å². The van der Waals surface area contributed by atoms with Crippen molar-refractivity contribution >= 4 is 31.6 Å². The Balaban J connectivity index is 2.69. The monoisotopic (exact) mass is 334 g/mol. The van der Waals surface area contributed by atoms with E-state index in [0.717, 1.165) is 12.8 Å². The van der Waals surface area contributed by atoms with Crippen LogP contribution in [0.3, 0.4) is 0 Å². The Hall–Kier alpha value is -0.590. The van der Waals surface area contributed by atoms with Crippen LogP contribution in [0.4, 0.5) is 5.69 Å². The van der Waals surface area contributed by atoms with Crippen LogP contribution in [-0.2, 0) is 10.0 Å². The van der Waals surface area contributed by atoms with Crippen molar-refractivity contribution in [2.45, 2.75) is 31.6 Å². The zero-order chi connectivity index (χ0) is 13.8. The van der Waals surface area contributed by atoms with Gasteiger partial charge in [0.2, 0.25) is 10.0 Å². The van der Waals surface area contributed by atoms with Gasteiger partial charge in [-0.25, -0.2) is 13.1 Å². The number of nitrogens with two attached hydrogens (primary N) is 1. The highest BCUT2D eigenvalue weighted by molar-refractivity contribution is 9.10. The Labute approximate surface area is 117 Å². The zero-order valence-corrected chi connectivity index (χ0v) is 13.0. The van der Waals surface area contributed by atoms with E-state index >= 15 is 0 Å². The zero-order valence-electron chi connectivity index (χ0n) is 10.6. The van der Waals surface area contributed by atoms with Crippen LogP contribution >= 0.6 is 15.9 Å². The summed E-state index contributed by atoms with van der Waals surface area (Å²) in [6, 6.07) is 4.67. The molecule has 102 valence electrons. The first kappa shape index (κ1) is 15.5. The van der Waals surface area contributed by atoms with Crippen molar-refractivity contribution in [1.82, 2.24) is 4.72 Å². The smallest absolute Gasteiger partial charge is 0.241 e. The number of nitrogen functional groups attached to an aromatic ring is 1. The summed E-state index contributed by atoms with van der Waals surface area (Å²) >= 11 is 3.22. The summed E-state index contributed by atoms with van der Waals surface area (Å²) in [5, 5.41) is 0. The first-order valence-electron chi connectivity index (χ1n) is 5.87. The maximum absolute atomic E-state index is 12.0. The molecule has 0 radical (unpaired) electrons. The van der Waals surface area contributed by atoms with Gasteiger partial charge in [0, 0.05) is 16.7 Å². The number of hydrogen-bond acceptors (Lipinski definition) is 3. The lowest BCUT2D eigenvalue weighted by Gasteiger charge is -2.09. The van der Waals surface area contributed by atoms with Crippen LogP contribution in [0.2, 0.25) is 0 Å². The summed E-state index contributed by atoms with van der Waals surface area (Å²) in [5.74, 6) is 0.581. The summed E-state index contributed by atoms with van der Waals surface area (Å²) < 4.78 is 27.1. The van der Waals surface area contributed by atoms with E-state index in [-0.39, 0.29) is 4.90 Å². The van der Waals surface area contributed by atoms with E-state index in [1.807, 2.05) is 0 Å². The highest BCUT2D eigenvalue weighted by Crippen LogP contribution is 2.24. The van der Waals surface area contributed by atoms with Gasteiger partial charge in [-0.3, -0.25) is 0 Å². The summed E-state index contributed by atoms with van der Waals surface area (Å²) in [6.07, 6.45) is 1.84. The molecule has 1 rings (SSSR count). The molecule has 3 N–H and O–H groups in total. The Kier molecular flexibility index (Phi) is 5.62. The molecule has 0 saturated heterocycles. The minimum Gasteiger partial charge on any atom is -0.399 e. The van der Waals surface area contributed by atoms with E-state index in [1.165, 1.54) is 6.07 Å². The third-order valence-corrected chi connectivity index (χ3v) is 4.93. The quantitative estimate of drug-likeness (QED) is 0.620. The molecule has 4 nitrogen and oxygen atoms in total. The molecule has 0 aromatic heterocycles. The van der Waals surface area contributed by atoms with Gasteiger partial charge < -0.3 is 5.73 Å². The van der Waals surface area contributed by atoms with Crippen molar-refractivity contribution in [2.75, 3.05) is 12.3 Å². The molecule has 0 heterocycles. The van der Waals surface area contributed by atoms with Crippen molar-refractivity contribution in [3.8, 4) is 0 Å². The lowest BCUT2D eigenvalue weighted by atomic mass is 10.1. The first-order chi connectivity index (χ1) is 8.33. The topological polar surface area (TPSA) is 72.2 Å². The van der Waals surface area contributed by atoms with Gasteiger partial charge in [-0.05, 0) is 52.9 Å². The fourth-order valence-electron chi connectivity index (χ4n) is 1.53. The van der Waals surface area contributed by atoms with Crippen LogP contribution in [0, 0.1) is 5.92 Å². The number of anilines is 1. The van der Waals surface area contributed by atoms with E-state index in [1.54, 1.807) is 12.1 Å². The molecule has 0 amide bonds. The van der Waals surface area contributed by atoms with Crippen molar-refractivity contribution in [3.05, 3.63) is 22.7 Å². The lowest BCUT2D eigenvalue weighted by molar-refractivity contribution is 0.539. The molecule has 18 heavy (non-hydrogen) atoms. The molecule has 1 aromatic carbocycles.